The van der Waals surface area contributed by atoms with Crippen molar-refractivity contribution in [2.24, 2.45) is 7.05 Å². The summed E-state index contributed by atoms with van der Waals surface area (Å²) in [6.45, 7) is 7.39. The monoisotopic (exact) mass is 720 g/mol. The van der Waals surface area contributed by atoms with E-state index in [2.05, 4.69) is 16.4 Å². The van der Waals surface area contributed by atoms with Gasteiger partial charge in [-0.2, -0.15) is 24.3 Å². The largest absolute Gasteiger partial charge is 2.00 e. The molecule has 0 radical (unpaired) electrons. The number of rotatable bonds is 6. The van der Waals surface area contributed by atoms with Crippen molar-refractivity contribution in [3.05, 3.63) is 108 Å². The number of anilines is 1. The molecule has 1 amide bonds. The van der Waals surface area contributed by atoms with Crippen molar-refractivity contribution >= 4 is 28.2 Å². The number of carbonyl (C=O) groups is 1. The number of fused-ring (bicyclic) bond motifs is 1. The Hall–Kier alpha value is -3.34. The van der Waals surface area contributed by atoms with Crippen LogP contribution in [0.4, 0.5) is 5.69 Å². The third-order valence-electron chi connectivity index (χ3n) is 5.86. The SMILES string of the molecule is C/C=C\C(=C/C)n1c(=O)c(C(=O)Nc2ccc(Oc3ccnc4c[c-]ccc34)c(C)c2)c(C)n1C.[CH3-].[U+2]. The molecular weight excluding hydrogens is 690 g/mol. The van der Waals surface area contributed by atoms with Gasteiger partial charge in [-0.25, -0.2) is 4.68 Å². The van der Waals surface area contributed by atoms with Crippen molar-refractivity contribution < 1.29 is 40.6 Å². The summed E-state index contributed by atoms with van der Waals surface area (Å²) in [5, 5.41) is 3.74. The van der Waals surface area contributed by atoms with Crippen molar-refractivity contribution in [1.29, 1.82) is 0 Å². The molecule has 4 rings (SSSR count). The molecule has 8 heteroatoms. The Morgan fingerprint density at radius 1 is 1.14 bits per heavy atom. The summed E-state index contributed by atoms with van der Waals surface area (Å²) in [7, 11) is 1.76. The molecule has 4 aromatic rings. The molecule has 0 aliphatic heterocycles. The van der Waals surface area contributed by atoms with Gasteiger partial charge in [-0.1, -0.05) is 17.5 Å². The first-order chi connectivity index (χ1) is 16.8. The van der Waals surface area contributed by atoms with Crippen LogP contribution < -0.4 is 15.6 Å². The van der Waals surface area contributed by atoms with Gasteiger partial charge >= 0.3 is 31.1 Å². The van der Waals surface area contributed by atoms with Crippen LogP contribution in [-0.2, 0) is 7.05 Å². The summed E-state index contributed by atoms with van der Waals surface area (Å²) < 4.78 is 9.33. The van der Waals surface area contributed by atoms with E-state index >= 15 is 0 Å². The van der Waals surface area contributed by atoms with Crippen LogP contribution in [0.25, 0.3) is 16.6 Å². The van der Waals surface area contributed by atoms with E-state index in [0.29, 0.717) is 28.6 Å². The molecule has 0 spiro atoms. The quantitative estimate of drug-likeness (QED) is 0.194. The van der Waals surface area contributed by atoms with Gasteiger partial charge in [-0.15, -0.1) is 0 Å². The third-order valence-corrected chi connectivity index (χ3v) is 5.86. The Morgan fingerprint density at radius 3 is 2.57 bits per heavy atom. The molecule has 0 bridgehead atoms. The van der Waals surface area contributed by atoms with Gasteiger partial charge in [0.2, 0.25) is 0 Å². The maximum atomic E-state index is 13.1. The van der Waals surface area contributed by atoms with Crippen LogP contribution in [0.5, 0.6) is 11.5 Å². The normalized spacial score (nSPS) is 11.2. The molecule has 188 valence electrons. The molecule has 0 saturated heterocycles. The number of nitrogens with one attached hydrogen (secondary N) is 1. The maximum Gasteiger partial charge on any atom is 2.00 e. The van der Waals surface area contributed by atoms with Gasteiger partial charge in [0.05, 0.1) is 11.4 Å². The predicted molar refractivity (Wildman–Crippen MR) is 145 cm³/mol. The maximum absolute atomic E-state index is 13.1. The number of amides is 1. The molecule has 2 heterocycles. The fraction of sp³-hybridized carbons (Fsp3) is 0.172. The van der Waals surface area contributed by atoms with E-state index < -0.39 is 5.91 Å². The van der Waals surface area contributed by atoms with Crippen LogP contribution in [0.15, 0.2) is 71.7 Å². The molecule has 1 N–H and O–H groups in total. The molecule has 7 nitrogen and oxygen atoms in total. The van der Waals surface area contributed by atoms with E-state index in [1.165, 1.54) is 4.68 Å². The molecule has 0 fully saturated rings. The van der Waals surface area contributed by atoms with Crippen LogP contribution in [0.3, 0.4) is 0 Å². The Balaban J connectivity index is 0.00000241. The first kappa shape index (κ1) is 29.9. The molecule has 0 aliphatic carbocycles. The second-order valence-electron chi connectivity index (χ2n) is 8.10. The van der Waals surface area contributed by atoms with Gasteiger partial charge < -0.3 is 22.5 Å². The number of carbonyl (C=O) groups excluding carboxylic acids is 1. The van der Waals surface area contributed by atoms with E-state index in [4.69, 9.17) is 4.74 Å². The standard InChI is InChI=1S/C28H27N4O3.CH3.U/c1-6-10-21(7-2)32-28(34)26(19(4)31(32)5)27(33)30-20-13-14-24(18(3)17-20)35-25-15-16-29-23-12-9-8-11-22(23)25;;/h6-8,10-17H,1-5H3,(H,30,33);1H3;/q2*-1;+2/b10-6-,21-7+;;. The van der Waals surface area contributed by atoms with Crippen molar-refractivity contribution in [3.63, 3.8) is 0 Å². The predicted octanol–water partition coefficient (Wildman–Crippen LogP) is 6.08. The van der Waals surface area contributed by atoms with Gasteiger partial charge in [-0.05, 0) is 69.1 Å². The minimum atomic E-state index is -0.456. The first-order valence-electron chi connectivity index (χ1n) is 11.3. The van der Waals surface area contributed by atoms with E-state index in [0.717, 1.165) is 16.5 Å². The summed E-state index contributed by atoms with van der Waals surface area (Å²) in [5.74, 6) is 0.887. The van der Waals surface area contributed by atoms with E-state index in [1.807, 2.05) is 69.3 Å². The van der Waals surface area contributed by atoms with E-state index in [1.54, 1.807) is 37.0 Å². The third kappa shape index (κ3) is 5.98. The second-order valence-corrected chi connectivity index (χ2v) is 8.10. The smallest absolute Gasteiger partial charge is 0.459 e. The van der Waals surface area contributed by atoms with Crippen molar-refractivity contribution in [1.82, 2.24) is 14.3 Å². The number of nitrogens with zero attached hydrogens (tertiary/aromatic N) is 3. The van der Waals surface area contributed by atoms with Crippen molar-refractivity contribution in [3.8, 4) is 11.5 Å². The summed E-state index contributed by atoms with van der Waals surface area (Å²) in [6.07, 6.45) is 7.20. The van der Waals surface area contributed by atoms with Gasteiger partial charge in [0.1, 0.15) is 17.1 Å². The number of aromatic nitrogens is 3. The number of hydrogen-bond acceptors (Lipinski definition) is 4. The van der Waals surface area contributed by atoms with Gasteiger partial charge in [0.25, 0.3) is 11.5 Å². The number of ether oxygens (including phenoxy) is 1. The Morgan fingerprint density at radius 2 is 1.89 bits per heavy atom. The molecule has 2 aromatic heterocycles. The number of pyridine rings is 1. The number of benzene rings is 2. The molecule has 0 atom stereocenters. The second kappa shape index (κ2) is 12.8. The average Bonchev–Trinajstić information content (AvgIpc) is 3.07. The number of allylic oxidation sites excluding steroid dienone is 4. The van der Waals surface area contributed by atoms with Gasteiger partial charge in [0.15, 0.2) is 0 Å². The first-order valence-corrected chi connectivity index (χ1v) is 11.3. The van der Waals surface area contributed by atoms with Crippen molar-refractivity contribution in [2.75, 3.05) is 5.32 Å². The fourth-order valence-electron chi connectivity index (χ4n) is 3.98. The van der Waals surface area contributed by atoms with E-state index in [-0.39, 0.29) is 49.7 Å². The summed E-state index contributed by atoms with van der Waals surface area (Å²) in [5.41, 5.74) is 3.22. The van der Waals surface area contributed by atoms with Crippen LogP contribution in [0.1, 0.15) is 35.5 Å². The average molecular weight is 721 g/mol. The Kier molecular flexibility index (Phi) is 10.3. The zero-order chi connectivity index (χ0) is 25.1. The Labute approximate surface area is 241 Å². The number of aryl methyl sites for hydroxylation is 1. The van der Waals surface area contributed by atoms with Crippen LogP contribution in [0, 0.1) is 58.5 Å². The topological polar surface area (TPSA) is 78.2 Å². The molecule has 0 unspecified atom stereocenters. The Bertz CT molecular complexity index is 1540. The van der Waals surface area contributed by atoms with Gasteiger partial charge in [-0.3, -0.25) is 14.3 Å². The summed E-state index contributed by atoms with van der Waals surface area (Å²) in [6, 6.07) is 15.7. The van der Waals surface area contributed by atoms with Crippen LogP contribution in [0.2, 0.25) is 0 Å². The molecule has 0 aliphatic rings. The van der Waals surface area contributed by atoms with Crippen molar-refractivity contribution in [2.45, 2.75) is 27.7 Å². The fourth-order valence-corrected chi connectivity index (χ4v) is 3.98. The molecule has 37 heavy (non-hydrogen) atoms. The summed E-state index contributed by atoms with van der Waals surface area (Å²) in [4.78, 5) is 30.6. The summed E-state index contributed by atoms with van der Waals surface area (Å²) >= 11 is 0. The minimum absolute atomic E-state index is 0. The molecule has 2 aromatic carbocycles. The zero-order valence-electron chi connectivity index (χ0n) is 21.9. The van der Waals surface area contributed by atoms with Crippen LogP contribution >= 0.6 is 0 Å². The molecule has 0 saturated carbocycles. The van der Waals surface area contributed by atoms with E-state index in [9.17, 15) is 9.59 Å². The number of hydrogen-bond donors (Lipinski definition) is 1. The molecular formula is C29H30N4O3U. The zero-order valence-corrected chi connectivity index (χ0v) is 26.1. The van der Waals surface area contributed by atoms with Crippen LogP contribution in [-0.4, -0.2) is 20.3 Å². The van der Waals surface area contributed by atoms with Gasteiger partial charge in [0, 0.05) is 18.9 Å². The minimum Gasteiger partial charge on any atom is -0.459 e.